The van der Waals surface area contributed by atoms with Gasteiger partial charge in [0.1, 0.15) is 48.4 Å². The van der Waals surface area contributed by atoms with Crippen LogP contribution in [-0.4, -0.2) is 61.7 Å². The largest absolute Gasteiger partial charge is 0.490 e. The van der Waals surface area contributed by atoms with Gasteiger partial charge in [-0.25, -0.2) is 0 Å². The fourth-order valence-corrected chi connectivity index (χ4v) is 23.3. The zero-order valence-corrected chi connectivity index (χ0v) is 69.1. The fourth-order valence-electron chi connectivity index (χ4n) is 23.3. The highest BCUT2D eigenvalue weighted by Gasteiger charge is 2.61. The maximum absolute atomic E-state index is 13.1. The van der Waals surface area contributed by atoms with E-state index >= 15 is 0 Å². The Bertz CT molecular complexity index is 3530. The second-order valence-corrected chi connectivity index (χ2v) is 37.4. The Morgan fingerprint density at radius 1 is 0.400 bits per heavy atom. The number of rotatable bonds is 37. The van der Waals surface area contributed by atoms with Gasteiger partial charge in [0.25, 0.3) is 0 Å². The molecule has 8 aliphatic carbocycles. The first-order valence-electron chi connectivity index (χ1n) is 44.0. The number of benzene rings is 4. The van der Waals surface area contributed by atoms with Gasteiger partial charge in [0.2, 0.25) is 0 Å². The first-order valence-corrected chi connectivity index (χ1v) is 44.0. The van der Waals surface area contributed by atoms with E-state index in [9.17, 15) is 19.2 Å². The van der Waals surface area contributed by atoms with Crippen molar-refractivity contribution in [2.45, 2.75) is 300 Å². The molecule has 0 spiro atoms. The van der Waals surface area contributed by atoms with Crippen LogP contribution in [0, 0.1) is 92.7 Å². The summed E-state index contributed by atoms with van der Waals surface area (Å²) in [5.41, 5.74) is 7.92. The van der Waals surface area contributed by atoms with Crippen LogP contribution in [0.15, 0.2) is 130 Å². The molecule has 110 heavy (non-hydrogen) atoms. The summed E-state index contributed by atoms with van der Waals surface area (Å²) in [6.07, 6.45) is 44.5. The van der Waals surface area contributed by atoms with Gasteiger partial charge in [-0.15, -0.1) is 0 Å². The van der Waals surface area contributed by atoms with Crippen LogP contribution in [0.5, 0.6) is 23.0 Å². The average Bonchev–Trinajstić information content (AvgIpc) is 1.46. The lowest BCUT2D eigenvalue weighted by molar-refractivity contribution is -0.152. The molecule has 12 heteroatoms. The van der Waals surface area contributed by atoms with Crippen molar-refractivity contribution in [3.63, 3.8) is 0 Å². The third-order valence-electron chi connectivity index (χ3n) is 29.4. The number of carbonyl (C=O) groups is 4. The molecule has 4 aromatic rings. The second kappa shape index (κ2) is 38.3. The number of carbonyl (C=O) groups excluding carboxylic acids is 4. The number of hydrogen-bond acceptors (Lipinski definition) is 12. The molecule has 0 radical (unpaired) electrons. The summed E-state index contributed by atoms with van der Waals surface area (Å²) in [5.74, 6) is 11.6. The highest BCUT2D eigenvalue weighted by Crippen LogP contribution is 2.69. The molecule has 0 N–H and O–H groups in total. The third kappa shape index (κ3) is 20.9. The Balaban J connectivity index is 0.460. The molecule has 6 saturated carbocycles. The van der Waals surface area contributed by atoms with Crippen molar-refractivity contribution in [1.29, 1.82) is 0 Å². The maximum atomic E-state index is 13.1. The molecule has 16 atom stereocenters. The van der Waals surface area contributed by atoms with Gasteiger partial charge in [0, 0.05) is 51.0 Å². The first-order chi connectivity index (χ1) is 53.0. The molecule has 2 unspecified atom stereocenters. The van der Waals surface area contributed by atoms with Gasteiger partial charge in [-0.2, -0.15) is 0 Å². The highest BCUT2D eigenvalue weighted by atomic mass is 16.6. The number of nitrogens with zero attached hydrogens (tertiary/aromatic N) is 2. The van der Waals surface area contributed by atoms with E-state index < -0.39 is 0 Å². The lowest BCUT2D eigenvalue weighted by Gasteiger charge is -2.58. The lowest BCUT2D eigenvalue weighted by Crippen LogP contribution is -2.51. The zero-order chi connectivity index (χ0) is 77.4. The van der Waals surface area contributed by atoms with E-state index in [0.29, 0.717) is 85.6 Å². The third-order valence-corrected chi connectivity index (χ3v) is 29.4. The summed E-state index contributed by atoms with van der Waals surface area (Å²) < 4.78 is 35.5. The van der Waals surface area contributed by atoms with Crippen LogP contribution in [-0.2, 0) is 28.7 Å². The van der Waals surface area contributed by atoms with Crippen molar-refractivity contribution in [3.8, 4) is 23.0 Å². The molecule has 0 aliphatic heterocycles. The molecule has 4 aromatic carbocycles. The van der Waals surface area contributed by atoms with E-state index in [1.807, 2.05) is 72.8 Å². The van der Waals surface area contributed by atoms with E-state index in [2.05, 4.69) is 91.4 Å². The van der Waals surface area contributed by atoms with E-state index in [4.69, 9.17) is 28.4 Å². The minimum atomic E-state index is -0.258. The summed E-state index contributed by atoms with van der Waals surface area (Å²) >= 11 is 0. The quantitative estimate of drug-likeness (QED) is 0.0140. The van der Waals surface area contributed by atoms with Gasteiger partial charge in [0.05, 0.1) is 11.4 Å². The summed E-state index contributed by atoms with van der Waals surface area (Å²) in [5, 5.41) is 0. The van der Waals surface area contributed by atoms with Crippen LogP contribution >= 0.6 is 0 Å². The van der Waals surface area contributed by atoms with Crippen molar-refractivity contribution in [2.24, 2.45) is 103 Å². The first kappa shape index (κ1) is 82.6. The van der Waals surface area contributed by atoms with Crippen molar-refractivity contribution in [3.05, 3.63) is 131 Å². The number of unbranched alkanes of at least 4 members (excludes halogenated alkanes) is 6. The van der Waals surface area contributed by atoms with Crippen molar-refractivity contribution < 1.29 is 47.6 Å². The minimum absolute atomic E-state index is 0.00742. The van der Waals surface area contributed by atoms with Crippen molar-refractivity contribution in [2.75, 3.05) is 13.2 Å². The van der Waals surface area contributed by atoms with E-state index in [1.54, 1.807) is 47.8 Å². The molecule has 0 saturated heterocycles. The van der Waals surface area contributed by atoms with E-state index in [-0.39, 0.29) is 46.9 Å². The topological polar surface area (TPSA) is 148 Å². The standard InChI is InChI=1S/C98H136N2O10/c1-67(2)21-19-23-69(5)85-49-51-87-83-47-33-73-63-81(53-57-95(73,7)89(83)55-59-97(85,87)9)109-93(103)27-17-13-11-15-25-91(101)107-79-39-29-71(30-40-79)65-99-75-35-43-77(44-36-75)105-61-62-106-78-45-37-76(38-46-78)100-66-72-31-41-80(42-32-72)108-92(102)26-16-12-14-18-28-94(104)110-82-54-58-96(8)74(64-82)34-48-84-88-52-50-86(70(6)24-20-22-68(3)4)98(88,10)60-56-90(84)96/h29-46,65-70,81-90H,11-28,47-64H2,1-10H3/t69-,70-,81?,82?,83+,84+,85-,86-,87+,88+,89+,90+,95+,96+,97-,98-/m1/s1. The summed E-state index contributed by atoms with van der Waals surface area (Å²) in [6.45, 7) is 25.8. The van der Waals surface area contributed by atoms with Gasteiger partial charge in [-0.1, -0.05) is 157 Å². The Hall–Kier alpha value is -6.82. The van der Waals surface area contributed by atoms with Crippen LogP contribution in [0.4, 0.5) is 11.4 Å². The molecule has 6 fully saturated rings. The smallest absolute Gasteiger partial charge is 0.311 e. The Kier molecular flexibility index (Phi) is 28.8. The van der Waals surface area contributed by atoms with Gasteiger partial charge in [-0.05, 0) is 316 Å². The molecule has 0 heterocycles. The molecular weight excluding hydrogens is 1370 g/mol. The maximum Gasteiger partial charge on any atom is 0.311 e. The van der Waals surface area contributed by atoms with Gasteiger partial charge in [0.15, 0.2) is 0 Å². The Morgan fingerprint density at radius 2 is 0.764 bits per heavy atom. The van der Waals surface area contributed by atoms with E-state index in [1.165, 1.54) is 103 Å². The number of ether oxygens (including phenoxy) is 6. The molecule has 0 amide bonds. The van der Waals surface area contributed by atoms with Gasteiger partial charge < -0.3 is 28.4 Å². The van der Waals surface area contributed by atoms with Gasteiger partial charge >= 0.3 is 23.9 Å². The molecular formula is C98H136N2O10. The Labute approximate surface area is 661 Å². The average molecular weight is 1500 g/mol. The normalized spacial score (nSPS) is 29.4. The van der Waals surface area contributed by atoms with Crippen LogP contribution in [0.3, 0.4) is 0 Å². The number of hydrogen-bond donors (Lipinski definition) is 0. The minimum Gasteiger partial charge on any atom is -0.490 e. The second-order valence-electron chi connectivity index (χ2n) is 37.4. The van der Waals surface area contributed by atoms with Crippen molar-refractivity contribution >= 4 is 47.7 Å². The number of aliphatic imine (C=N–C) groups is 2. The molecule has 598 valence electrons. The highest BCUT2D eigenvalue weighted by molar-refractivity contribution is 5.83. The predicted molar refractivity (Wildman–Crippen MR) is 444 cm³/mol. The molecule has 12 nitrogen and oxygen atoms in total. The SMILES string of the molecule is CC(C)CCC[C@@H](C)[C@H]1CC[C@H]2[C@@H]3CC=C4CC(OC(=O)CCCCCCC(=O)Oc5ccc(C=Nc6ccc(OCCOc7ccc(N=Cc8ccc(OC(=O)CCCCCCC(=O)OC9CC[C@@]%10(C)C(=CC[C@H]%11[C@@H]%12CC[C@H]([C@H](C)CCCC(C)C)[C@@]%12(C)CC[C@@H]%11%10)C9)cc8)cc7)cc6)cc5)CC[C@]4(C)[C@H]3CC[C@]12C. The monoisotopic (exact) mass is 1500 g/mol. The van der Waals surface area contributed by atoms with E-state index in [0.717, 1.165) is 171 Å². The van der Waals surface area contributed by atoms with Crippen LogP contribution in [0.25, 0.3) is 0 Å². The van der Waals surface area contributed by atoms with Crippen LogP contribution < -0.4 is 18.9 Å². The molecule has 0 aromatic heterocycles. The lowest BCUT2D eigenvalue weighted by atomic mass is 9.47. The molecule has 0 bridgehead atoms. The fraction of sp³-hybridized carbons (Fsp3) is 0.653. The number of allylic oxidation sites excluding steroid dienone is 2. The summed E-state index contributed by atoms with van der Waals surface area (Å²) in [4.78, 5) is 60.9. The van der Waals surface area contributed by atoms with Crippen LogP contribution in [0.1, 0.15) is 299 Å². The number of fused-ring (bicyclic) bond motifs is 10. The Morgan fingerprint density at radius 3 is 1.14 bits per heavy atom. The van der Waals surface area contributed by atoms with Gasteiger partial charge in [-0.3, -0.25) is 29.2 Å². The molecule has 8 aliphatic rings. The van der Waals surface area contributed by atoms with Crippen molar-refractivity contribution in [1.82, 2.24) is 0 Å². The zero-order valence-electron chi connectivity index (χ0n) is 69.1. The molecule has 12 rings (SSSR count). The summed E-state index contributed by atoms with van der Waals surface area (Å²) in [7, 11) is 0. The summed E-state index contributed by atoms with van der Waals surface area (Å²) in [6, 6.07) is 29.8. The number of esters is 4. The predicted octanol–water partition coefficient (Wildman–Crippen LogP) is 25.0. The van der Waals surface area contributed by atoms with Crippen LogP contribution in [0.2, 0.25) is 0 Å².